The second-order valence-corrected chi connectivity index (χ2v) is 8.11. The van der Waals surface area contributed by atoms with Crippen LogP contribution in [0.1, 0.15) is 35.7 Å². The van der Waals surface area contributed by atoms with Gasteiger partial charge in [-0.2, -0.15) is 0 Å². The molecular formula is C23H24ClN3O2. The van der Waals surface area contributed by atoms with Crippen molar-refractivity contribution in [1.82, 2.24) is 14.5 Å². The van der Waals surface area contributed by atoms with Gasteiger partial charge in [-0.15, -0.1) is 0 Å². The highest BCUT2D eigenvalue weighted by molar-refractivity contribution is 6.30. The lowest BCUT2D eigenvalue weighted by Gasteiger charge is -2.08. The molecule has 1 heterocycles. The van der Waals surface area contributed by atoms with E-state index in [4.69, 9.17) is 11.6 Å². The monoisotopic (exact) mass is 409 g/mol. The number of nitrogens with one attached hydrogen (secondary N) is 1. The molecule has 5 nitrogen and oxygen atoms in total. The van der Waals surface area contributed by atoms with Gasteiger partial charge in [0.05, 0.1) is 5.69 Å². The molecule has 4 rings (SSSR count). The molecule has 29 heavy (non-hydrogen) atoms. The molecule has 1 aromatic heterocycles. The fraction of sp³-hybridized carbons (Fsp3) is 0.304. The molecule has 0 unspecified atom stereocenters. The van der Waals surface area contributed by atoms with E-state index in [2.05, 4.69) is 5.32 Å². The smallest absolute Gasteiger partial charge is 0.329 e. The van der Waals surface area contributed by atoms with Crippen molar-refractivity contribution in [3.8, 4) is 11.3 Å². The van der Waals surface area contributed by atoms with Gasteiger partial charge in [-0.25, -0.2) is 4.79 Å². The second-order valence-electron chi connectivity index (χ2n) is 7.68. The molecule has 1 amide bonds. The van der Waals surface area contributed by atoms with Crippen LogP contribution in [-0.4, -0.2) is 15.0 Å². The van der Waals surface area contributed by atoms with Crippen LogP contribution in [0.15, 0.2) is 53.3 Å². The predicted octanol–water partition coefficient (Wildman–Crippen LogP) is 4.24. The van der Waals surface area contributed by atoms with Gasteiger partial charge in [-0.05, 0) is 44.4 Å². The molecule has 2 aromatic carbocycles. The van der Waals surface area contributed by atoms with Crippen molar-refractivity contribution < 1.29 is 4.79 Å². The van der Waals surface area contributed by atoms with Gasteiger partial charge in [0.15, 0.2) is 0 Å². The van der Waals surface area contributed by atoms with E-state index >= 15 is 0 Å². The van der Waals surface area contributed by atoms with E-state index in [1.165, 1.54) is 0 Å². The molecule has 1 fully saturated rings. The van der Waals surface area contributed by atoms with Crippen molar-refractivity contribution in [2.24, 2.45) is 0 Å². The molecule has 0 atom stereocenters. The Labute approximate surface area is 174 Å². The number of hydrogen-bond donors (Lipinski definition) is 1. The highest BCUT2D eigenvalue weighted by atomic mass is 35.5. The zero-order valence-corrected chi connectivity index (χ0v) is 17.4. The minimum Gasteiger partial charge on any atom is -0.350 e. The van der Waals surface area contributed by atoms with Crippen LogP contribution in [0, 0.1) is 13.8 Å². The molecule has 3 aromatic rings. The standard InChI is InChI=1S/C23H24ClN3O2/c1-15-4-3-5-17(12-15)13-25-21(28)14-26-16(2)22(18-6-8-19(24)9-7-18)27(23(26)29)20-10-11-20/h3-9,12,20H,10-11,13-14H2,1-2H3,(H,25,28). The molecule has 0 bridgehead atoms. The third-order valence-corrected chi connectivity index (χ3v) is 5.58. The van der Waals surface area contributed by atoms with E-state index in [0.717, 1.165) is 40.9 Å². The Kier molecular flexibility index (Phi) is 5.33. The quantitative estimate of drug-likeness (QED) is 0.662. The van der Waals surface area contributed by atoms with Crippen molar-refractivity contribution >= 4 is 17.5 Å². The molecule has 1 aliphatic rings. The highest BCUT2D eigenvalue weighted by Crippen LogP contribution is 2.38. The van der Waals surface area contributed by atoms with Crippen LogP contribution in [-0.2, 0) is 17.9 Å². The number of halogens is 1. The summed E-state index contributed by atoms with van der Waals surface area (Å²) in [6.07, 6.45) is 1.98. The van der Waals surface area contributed by atoms with E-state index in [-0.39, 0.29) is 24.2 Å². The largest absolute Gasteiger partial charge is 0.350 e. The normalized spacial score (nSPS) is 13.5. The Hall–Kier alpha value is -2.79. The summed E-state index contributed by atoms with van der Waals surface area (Å²) in [5.41, 5.74) is 4.68. The zero-order valence-electron chi connectivity index (χ0n) is 16.6. The minimum absolute atomic E-state index is 0.0107. The van der Waals surface area contributed by atoms with Crippen LogP contribution in [0.3, 0.4) is 0 Å². The van der Waals surface area contributed by atoms with Gasteiger partial charge >= 0.3 is 5.69 Å². The number of imidazole rings is 1. The summed E-state index contributed by atoms with van der Waals surface area (Å²) < 4.78 is 3.42. The first-order valence-corrected chi connectivity index (χ1v) is 10.2. The predicted molar refractivity (Wildman–Crippen MR) is 115 cm³/mol. The number of nitrogens with zero attached hydrogens (tertiary/aromatic N) is 2. The van der Waals surface area contributed by atoms with E-state index in [0.29, 0.717) is 11.6 Å². The fourth-order valence-corrected chi connectivity index (χ4v) is 3.83. The van der Waals surface area contributed by atoms with Crippen molar-refractivity contribution in [2.45, 2.75) is 45.8 Å². The maximum Gasteiger partial charge on any atom is 0.329 e. The average Bonchev–Trinajstić information content (AvgIpc) is 3.50. The lowest BCUT2D eigenvalue weighted by molar-refractivity contribution is -0.121. The van der Waals surface area contributed by atoms with Gasteiger partial charge in [0.1, 0.15) is 6.54 Å². The Bertz CT molecular complexity index is 1110. The van der Waals surface area contributed by atoms with Gasteiger partial charge in [-0.3, -0.25) is 13.9 Å². The first kappa shape index (κ1) is 19.5. The Balaban J connectivity index is 1.59. The second kappa shape index (κ2) is 7.91. The van der Waals surface area contributed by atoms with Gasteiger partial charge in [-0.1, -0.05) is 53.6 Å². The van der Waals surface area contributed by atoms with Crippen molar-refractivity contribution in [3.63, 3.8) is 0 Å². The topological polar surface area (TPSA) is 56.0 Å². The summed E-state index contributed by atoms with van der Waals surface area (Å²) in [6.45, 7) is 4.38. The number of hydrogen-bond acceptors (Lipinski definition) is 2. The molecular weight excluding hydrogens is 386 g/mol. The fourth-order valence-electron chi connectivity index (χ4n) is 3.71. The molecule has 1 saturated carbocycles. The van der Waals surface area contributed by atoms with Crippen LogP contribution in [0.5, 0.6) is 0 Å². The third-order valence-electron chi connectivity index (χ3n) is 5.33. The summed E-state index contributed by atoms with van der Waals surface area (Å²) in [5.74, 6) is -0.174. The van der Waals surface area contributed by atoms with E-state index in [1.807, 2.05) is 66.9 Å². The lowest BCUT2D eigenvalue weighted by atomic mass is 10.1. The van der Waals surface area contributed by atoms with Gasteiger partial charge < -0.3 is 5.32 Å². The van der Waals surface area contributed by atoms with Crippen molar-refractivity contribution in [1.29, 1.82) is 0 Å². The maximum absolute atomic E-state index is 13.1. The van der Waals surface area contributed by atoms with E-state index < -0.39 is 0 Å². The molecule has 0 radical (unpaired) electrons. The molecule has 6 heteroatoms. The van der Waals surface area contributed by atoms with Crippen LogP contribution < -0.4 is 11.0 Å². The average molecular weight is 410 g/mol. The van der Waals surface area contributed by atoms with Gasteiger partial charge in [0.25, 0.3) is 0 Å². The lowest BCUT2D eigenvalue weighted by Crippen LogP contribution is -2.33. The molecule has 0 saturated heterocycles. The molecule has 0 aliphatic heterocycles. The zero-order chi connectivity index (χ0) is 20.5. The summed E-state index contributed by atoms with van der Waals surface area (Å²) in [5, 5.41) is 3.58. The van der Waals surface area contributed by atoms with Crippen LogP contribution >= 0.6 is 11.6 Å². The van der Waals surface area contributed by atoms with Crippen molar-refractivity contribution in [2.75, 3.05) is 0 Å². The van der Waals surface area contributed by atoms with Crippen molar-refractivity contribution in [3.05, 3.63) is 80.9 Å². The van der Waals surface area contributed by atoms with Gasteiger partial charge in [0, 0.05) is 28.9 Å². The Morgan fingerprint density at radius 2 is 1.86 bits per heavy atom. The summed E-state index contributed by atoms with van der Waals surface area (Å²) in [4.78, 5) is 25.7. The Morgan fingerprint density at radius 1 is 1.14 bits per heavy atom. The number of carbonyl (C=O) groups excluding carboxylic acids is 1. The van der Waals surface area contributed by atoms with Gasteiger partial charge in [0.2, 0.25) is 5.91 Å². The first-order chi connectivity index (χ1) is 13.9. The van der Waals surface area contributed by atoms with Crippen LogP contribution in [0.4, 0.5) is 0 Å². The number of aryl methyl sites for hydroxylation is 1. The Morgan fingerprint density at radius 3 is 2.52 bits per heavy atom. The number of benzene rings is 2. The summed E-state index contributed by atoms with van der Waals surface area (Å²) in [6, 6.07) is 15.7. The number of rotatable bonds is 6. The van der Waals surface area contributed by atoms with Crippen LogP contribution in [0.25, 0.3) is 11.3 Å². The number of amides is 1. The third kappa shape index (κ3) is 4.15. The molecule has 1 aliphatic carbocycles. The molecule has 1 N–H and O–H groups in total. The molecule has 150 valence electrons. The number of aromatic nitrogens is 2. The van der Waals surface area contributed by atoms with E-state index in [1.54, 1.807) is 4.57 Å². The van der Waals surface area contributed by atoms with E-state index in [9.17, 15) is 9.59 Å². The summed E-state index contributed by atoms with van der Waals surface area (Å²) >= 11 is 6.03. The first-order valence-electron chi connectivity index (χ1n) is 9.84. The molecule has 0 spiro atoms. The number of carbonyl (C=O) groups is 1. The van der Waals surface area contributed by atoms with Crippen LogP contribution in [0.2, 0.25) is 5.02 Å². The summed E-state index contributed by atoms with van der Waals surface area (Å²) in [7, 11) is 0. The minimum atomic E-state index is -0.174. The maximum atomic E-state index is 13.1. The highest BCUT2D eigenvalue weighted by Gasteiger charge is 2.31. The SMILES string of the molecule is Cc1cccc(CNC(=O)Cn2c(C)c(-c3ccc(Cl)cc3)n(C3CC3)c2=O)c1.